The predicted octanol–water partition coefficient (Wildman–Crippen LogP) is 7.35. The van der Waals surface area contributed by atoms with Crippen molar-refractivity contribution in [1.82, 2.24) is 9.88 Å². The minimum absolute atomic E-state index is 0.0445. The van der Waals surface area contributed by atoms with E-state index in [1.165, 1.54) is 22.3 Å². The lowest BCUT2D eigenvalue weighted by molar-refractivity contribution is 0.311. The minimum Gasteiger partial charge on any atom is -0.296 e. The molecule has 2 aromatic carbocycles. The first-order chi connectivity index (χ1) is 15.9. The number of hydrogen-bond donors (Lipinski definition) is 0. The van der Waals surface area contributed by atoms with Crippen molar-refractivity contribution in [2.45, 2.75) is 34.2 Å². The first kappa shape index (κ1) is 24.2. The van der Waals surface area contributed by atoms with Crippen molar-refractivity contribution in [1.29, 1.82) is 0 Å². The smallest absolute Gasteiger partial charge is 0.0346 e. The van der Waals surface area contributed by atoms with Crippen molar-refractivity contribution >= 4 is 12.2 Å². The molecule has 0 aliphatic carbocycles. The molecule has 0 aliphatic heterocycles. The van der Waals surface area contributed by atoms with Gasteiger partial charge in [0.25, 0.3) is 0 Å². The molecule has 1 aromatic heterocycles. The molecule has 0 atom stereocenters. The molecule has 1 heterocycles. The van der Waals surface area contributed by atoms with Gasteiger partial charge in [-0.05, 0) is 67.8 Å². The zero-order valence-corrected chi connectivity index (χ0v) is 20.3. The molecule has 0 bridgehead atoms. The van der Waals surface area contributed by atoms with Crippen LogP contribution in [0.4, 0.5) is 0 Å². The highest BCUT2D eigenvalue weighted by molar-refractivity contribution is 5.73. The van der Waals surface area contributed by atoms with Gasteiger partial charge < -0.3 is 0 Å². The van der Waals surface area contributed by atoms with Crippen LogP contribution in [0.5, 0.6) is 0 Å². The summed E-state index contributed by atoms with van der Waals surface area (Å²) in [6.45, 7) is 11.4. The second kappa shape index (κ2) is 12.0. The monoisotopic (exact) mass is 434 g/mol. The molecular weight excluding hydrogens is 400 g/mol. The Kier molecular flexibility index (Phi) is 8.81. The summed E-state index contributed by atoms with van der Waals surface area (Å²) in [4.78, 5) is 6.64. The fourth-order valence-electron chi connectivity index (χ4n) is 3.43. The fourth-order valence-corrected chi connectivity index (χ4v) is 3.43. The van der Waals surface area contributed by atoms with Gasteiger partial charge in [0.1, 0.15) is 0 Å². The van der Waals surface area contributed by atoms with Gasteiger partial charge in [-0.2, -0.15) is 0 Å². The summed E-state index contributed by atoms with van der Waals surface area (Å²) in [6.07, 6.45) is 12.2. The summed E-state index contributed by atoms with van der Waals surface area (Å²) in [6, 6.07) is 21.4. The van der Waals surface area contributed by atoms with E-state index in [4.69, 9.17) is 0 Å². The zero-order valence-electron chi connectivity index (χ0n) is 20.3. The second-order valence-electron chi connectivity index (χ2n) is 9.19. The van der Waals surface area contributed by atoms with Gasteiger partial charge in [-0.1, -0.05) is 85.5 Å². The van der Waals surface area contributed by atoms with Gasteiger partial charge in [0.2, 0.25) is 0 Å². The Hall–Kier alpha value is -3.41. The molecule has 168 valence electrons. The van der Waals surface area contributed by atoms with E-state index >= 15 is 0 Å². The van der Waals surface area contributed by atoms with Crippen LogP contribution in [0, 0.1) is 17.3 Å². The van der Waals surface area contributed by atoms with Crippen molar-refractivity contribution < 1.29 is 0 Å². The predicted molar refractivity (Wildman–Crippen MR) is 142 cm³/mol. The van der Waals surface area contributed by atoms with Gasteiger partial charge in [-0.3, -0.25) is 9.88 Å². The van der Waals surface area contributed by atoms with E-state index in [1.807, 2.05) is 18.3 Å². The van der Waals surface area contributed by atoms with E-state index in [0.717, 1.165) is 25.2 Å². The lowest BCUT2D eigenvalue weighted by atomic mass is 9.98. The lowest BCUT2D eigenvalue weighted by Crippen LogP contribution is -2.22. The molecule has 0 spiro atoms. The normalized spacial score (nSPS) is 11.8. The summed E-state index contributed by atoms with van der Waals surface area (Å²) in [5, 5.41) is 0. The average molecular weight is 435 g/mol. The standard InChI is InChI=1S/C31H34N2/c1-5-33(21-8-6-7-19-31(2,3)4)25-28-14-9-12-26(22-28)17-18-27-13-10-15-29(23-27)30-16-11-20-32-24-30/h6,8-18,20,22-24H,5,21,25H2,1-4H3. The quantitative estimate of drug-likeness (QED) is 0.272. The minimum atomic E-state index is 0.0445. The highest BCUT2D eigenvalue weighted by Crippen LogP contribution is 2.20. The Morgan fingerprint density at radius 1 is 0.909 bits per heavy atom. The molecular formula is C31H34N2. The Morgan fingerprint density at radius 2 is 1.64 bits per heavy atom. The molecule has 3 rings (SSSR count). The molecule has 0 fully saturated rings. The van der Waals surface area contributed by atoms with Crippen LogP contribution in [0.3, 0.4) is 0 Å². The van der Waals surface area contributed by atoms with Gasteiger partial charge in [-0.15, -0.1) is 0 Å². The summed E-state index contributed by atoms with van der Waals surface area (Å²) in [5.74, 6) is 6.40. The molecule has 0 unspecified atom stereocenters. The first-order valence-corrected chi connectivity index (χ1v) is 11.6. The maximum atomic E-state index is 4.23. The molecule has 2 heteroatoms. The summed E-state index contributed by atoms with van der Waals surface area (Å²) < 4.78 is 0. The first-order valence-electron chi connectivity index (χ1n) is 11.6. The molecule has 0 saturated carbocycles. The summed E-state index contributed by atoms with van der Waals surface area (Å²) in [5.41, 5.74) is 6.06. The van der Waals surface area contributed by atoms with E-state index in [0.29, 0.717) is 0 Å². The fraction of sp³-hybridized carbons (Fsp3) is 0.258. The summed E-state index contributed by atoms with van der Waals surface area (Å²) >= 11 is 0. The van der Waals surface area contributed by atoms with Crippen LogP contribution in [0.2, 0.25) is 0 Å². The van der Waals surface area contributed by atoms with Crippen LogP contribution in [0.25, 0.3) is 23.3 Å². The molecule has 2 nitrogen and oxygen atoms in total. The van der Waals surface area contributed by atoms with Crippen molar-refractivity contribution in [2.75, 3.05) is 13.1 Å². The van der Waals surface area contributed by atoms with Gasteiger partial charge >= 0.3 is 0 Å². The number of likely N-dealkylation sites (N-methyl/N-ethyl adjacent to an activating group) is 1. The van der Waals surface area contributed by atoms with Gasteiger partial charge in [0.05, 0.1) is 0 Å². The molecule has 3 aromatic rings. The highest BCUT2D eigenvalue weighted by atomic mass is 15.1. The molecule has 0 radical (unpaired) electrons. The third-order valence-corrected chi connectivity index (χ3v) is 5.17. The Bertz CT molecular complexity index is 1140. The number of pyridine rings is 1. The summed E-state index contributed by atoms with van der Waals surface area (Å²) in [7, 11) is 0. The second-order valence-corrected chi connectivity index (χ2v) is 9.19. The van der Waals surface area contributed by atoms with E-state index in [2.05, 4.69) is 122 Å². The Balaban J connectivity index is 1.64. The van der Waals surface area contributed by atoms with Crippen LogP contribution in [-0.4, -0.2) is 23.0 Å². The van der Waals surface area contributed by atoms with Gasteiger partial charge in [0.15, 0.2) is 0 Å². The Morgan fingerprint density at radius 3 is 2.33 bits per heavy atom. The number of rotatable bonds is 8. The number of allylic oxidation sites excluding steroid dienone is 1. The van der Waals surface area contributed by atoms with Crippen LogP contribution in [0.1, 0.15) is 44.4 Å². The molecule has 33 heavy (non-hydrogen) atoms. The molecule has 0 saturated heterocycles. The highest BCUT2D eigenvalue weighted by Gasteiger charge is 2.04. The van der Waals surface area contributed by atoms with Crippen LogP contribution >= 0.6 is 0 Å². The molecule has 0 amide bonds. The van der Waals surface area contributed by atoms with Gasteiger partial charge in [-0.25, -0.2) is 0 Å². The van der Waals surface area contributed by atoms with Crippen LogP contribution in [-0.2, 0) is 6.54 Å². The largest absolute Gasteiger partial charge is 0.296 e. The molecule has 0 N–H and O–H groups in total. The number of benzene rings is 2. The van der Waals surface area contributed by atoms with Crippen molar-refractivity contribution in [3.8, 4) is 23.0 Å². The topological polar surface area (TPSA) is 16.1 Å². The van der Waals surface area contributed by atoms with Crippen LogP contribution < -0.4 is 0 Å². The van der Waals surface area contributed by atoms with E-state index < -0.39 is 0 Å². The lowest BCUT2D eigenvalue weighted by Gasteiger charge is -2.18. The van der Waals surface area contributed by atoms with E-state index in [9.17, 15) is 0 Å². The number of nitrogens with zero attached hydrogens (tertiary/aromatic N) is 2. The SMILES string of the molecule is CCN(CC=CC#CC(C)(C)C)Cc1cccc(C=Cc2cccc(-c3cccnc3)c2)c1. The third-order valence-electron chi connectivity index (χ3n) is 5.17. The van der Waals surface area contributed by atoms with E-state index in [1.54, 1.807) is 6.20 Å². The number of hydrogen-bond acceptors (Lipinski definition) is 2. The molecule has 0 aliphatic rings. The zero-order chi connectivity index (χ0) is 23.5. The van der Waals surface area contributed by atoms with Crippen molar-refractivity contribution in [2.24, 2.45) is 5.41 Å². The van der Waals surface area contributed by atoms with Gasteiger partial charge in [0, 0.05) is 36.5 Å². The van der Waals surface area contributed by atoms with Crippen molar-refractivity contribution in [3.63, 3.8) is 0 Å². The maximum Gasteiger partial charge on any atom is 0.0346 e. The third kappa shape index (κ3) is 8.56. The van der Waals surface area contributed by atoms with Crippen LogP contribution in [0.15, 0.2) is 85.2 Å². The average Bonchev–Trinajstić information content (AvgIpc) is 2.82. The van der Waals surface area contributed by atoms with E-state index in [-0.39, 0.29) is 5.41 Å². The van der Waals surface area contributed by atoms with Crippen molar-refractivity contribution in [3.05, 3.63) is 102 Å². The maximum absolute atomic E-state index is 4.23. The number of aromatic nitrogens is 1. The Labute approximate surface area is 199 Å².